The highest BCUT2D eigenvalue weighted by molar-refractivity contribution is 7.15. The van der Waals surface area contributed by atoms with Crippen LogP contribution in [0.5, 0.6) is 0 Å². The van der Waals surface area contributed by atoms with E-state index in [4.69, 9.17) is 10.5 Å². The molecule has 3 N–H and O–H groups in total. The van der Waals surface area contributed by atoms with Crippen molar-refractivity contribution in [2.45, 2.75) is 45.8 Å². The van der Waals surface area contributed by atoms with E-state index >= 15 is 0 Å². The van der Waals surface area contributed by atoms with Gasteiger partial charge in [0, 0.05) is 36.3 Å². The molecule has 7 heteroatoms. The molecular formula is C14H22N4O2S. The maximum Gasteiger partial charge on any atom is 0.407 e. The number of aromatic nitrogens is 2. The van der Waals surface area contributed by atoms with Gasteiger partial charge in [0.2, 0.25) is 0 Å². The molecule has 0 saturated carbocycles. The fourth-order valence-electron chi connectivity index (χ4n) is 2.04. The normalized spacial score (nSPS) is 13.4. The number of nitrogens with one attached hydrogen (secondary N) is 1. The summed E-state index contributed by atoms with van der Waals surface area (Å²) in [7, 11) is 0. The Balaban J connectivity index is 1.90. The number of nitrogens with zero attached hydrogens (tertiary/aromatic N) is 2. The summed E-state index contributed by atoms with van der Waals surface area (Å²) in [5.41, 5.74) is 7.67. The minimum absolute atomic E-state index is 0.184. The Morgan fingerprint density at radius 1 is 1.57 bits per heavy atom. The predicted molar refractivity (Wildman–Crippen MR) is 83.7 cm³/mol. The largest absolute Gasteiger partial charge is 0.444 e. The number of alkyl carbamates (subject to hydrolysis) is 1. The van der Waals surface area contributed by atoms with Crippen LogP contribution in [0.3, 0.4) is 0 Å². The molecule has 0 aromatic carbocycles. The van der Waals surface area contributed by atoms with Gasteiger partial charge in [0.05, 0.1) is 5.69 Å². The summed E-state index contributed by atoms with van der Waals surface area (Å²) < 4.78 is 7.23. The van der Waals surface area contributed by atoms with E-state index in [-0.39, 0.29) is 6.04 Å². The Kier molecular flexibility index (Phi) is 4.53. The molecule has 0 fully saturated rings. The Bertz CT molecular complexity index is 626. The van der Waals surface area contributed by atoms with E-state index in [9.17, 15) is 4.79 Å². The third-order valence-corrected chi connectivity index (χ3v) is 3.68. The number of thiazole rings is 1. The Labute approximate surface area is 128 Å². The predicted octanol–water partition coefficient (Wildman–Crippen LogP) is 2.10. The molecule has 0 radical (unpaired) electrons. The number of hydrogen-bond donors (Lipinski definition) is 2. The molecule has 2 aromatic rings. The van der Waals surface area contributed by atoms with Gasteiger partial charge in [-0.15, -0.1) is 11.3 Å². The Morgan fingerprint density at radius 2 is 2.29 bits per heavy atom. The fourth-order valence-corrected chi connectivity index (χ4v) is 2.81. The van der Waals surface area contributed by atoms with E-state index in [1.807, 2.05) is 43.7 Å². The SMILES string of the molecule is Cc1nc2sccn2c1CC(N)CNC(=O)OC(C)(C)C. The molecule has 1 amide bonds. The summed E-state index contributed by atoms with van der Waals surface area (Å²) in [6.45, 7) is 7.83. The monoisotopic (exact) mass is 310 g/mol. The van der Waals surface area contributed by atoms with Gasteiger partial charge in [0.1, 0.15) is 5.60 Å². The highest BCUT2D eigenvalue weighted by Gasteiger charge is 2.18. The van der Waals surface area contributed by atoms with Crippen LogP contribution >= 0.6 is 11.3 Å². The van der Waals surface area contributed by atoms with Crippen LogP contribution in [0.15, 0.2) is 11.6 Å². The number of imidazole rings is 1. The number of aryl methyl sites for hydroxylation is 1. The lowest BCUT2D eigenvalue weighted by atomic mass is 10.1. The van der Waals surface area contributed by atoms with Crippen molar-refractivity contribution in [2.75, 3.05) is 6.54 Å². The van der Waals surface area contributed by atoms with E-state index in [2.05, 4.69) is 10.3 Å². The van der Waals surface area contributed by atoms with E-state index < -0.39 is 11.7 Å². The maximum atomic E-state index is 11.6. The summed E-state index contributed by atoms with van der Waals surface area (Å²) in [5.74, 6) is 0. The topological polar surface area (TPSA) is 81.7 Å². The molecule has 2 rings (SSSR count). The van der Waals surface area contributed by atoms with Crippen molar-refractivity contribution in [3.63, 3.8) is 0 Å². The van der Waals surface area contributed by atoms with Gasteiger partial charge < -0.3 is 15.8 Å². The zero-order valence-corrected chi connectivity index (χ0v) is 13.7. The van der Waals surface area contributed by atoms with Crippen LogP contribution < -0.4 is 11.1 Å². The van der Waals surface area contributed by atoms with Gasteiger partial charge in [-0.2, -0.15) is 0 Å². The molecular weight excluding hydrogens is 288 g/mol. The molecule has 1 atom stereocenters. The number of fused-ring (bicyclic) bond motifs is 1. The van der Waals surface area contributed by atoms with Crippen LogP contribution in [0.2, 0.25) is 0 Å². The Morgan fingerprint density at radius 3 is 2.95 bits per heavy atom. The Hall–Kier alpha value is -1.60. The number of amides is 1. The summed E-state index contributed by atoms with van der Waals surface area (Å²) in [4.78, 5) is 17.0. The molecule has 2 aromatic heterocycles. The molecule has 0 aliphatic carbocycles. The van der Waals surface area contributed by atoms with Crippen molar-refractivity contribution in [3.05, 3.63) is 23.0 Å². The zero-order valence-electron chi connectivity index (χ0n) is 12.8. The van der Waals surface area contributed by atoms with Gasteiger partial charge in [-0.25, -0.2) is 9.78 Å². The maximum absolute atomic E-state index is 11.6. The van der Waals surface area contributed by atoms with Gasteiger partial charge in [-0.3, -0.25) is 4.40 Å². The molecule has 0 aliphatic rings. The van der Waals surface area contributed by atoms with E-state index in [0.29, 0.717) is 13.0 Å². The molecule has 0 bridgehead atoms. The number of carbonyl (C=O) groups excluding carboxylic acids is 1. The van der Waals surface area contributed by atoms with Crippen LogP contribution in [0.25, 0.3) is 4.96 Å². The zero-order chi connectivity index (χ0) is 15.6. The van der Waals surface area contributed by atoms with Crippen molar-refractivity contribution >= 4 is 22.4 Å². The highest BCUT2D eigenvalue weighted by Crippen LogP contribution is 2.17. The first-order chi connectivity index (χ1) is 9.76. The molecule has 0 spiro atoms. The first-order valence-corrected chi connectivity index (χ1v) is 7.77. The van der Waals surface area contributed by atoms with Crippen molar-refractivity contribution in [1.29, 1.82) is 0 Å². The number of hydrogen-bond acceptors (Lipinski definition) is 5. The lowest BCUT2D eigenvalue weighted by Crippen LogP contribution is -2.41. The quantitative estimate of drug-likeness (QED) is 0.906. The molecule has 21 heavy (non-hydrogen) atoms. The average molecular weight is 310 g/mol. The molecule has 2 heterocycles. The van der Waals surface area contributed by atoms with Crippen molar-refractivity contribution < 1.29 is 9.53 Å². The number of carbonyl (C=O) groups is 1. The highest BCUT2D eigenvalue weighted by atomic mass is 32.1. The summed E-state index contributed by atoms with van der Waals surface area (Å²) in [6.07, 6.45) is 2.20. The summed E-state index contributed by atoms with van der Waals surface area (Å²) in [6, 6.07) is -0.184. The molecule has 0 saturated heterocycles. The molecule has 0 aliphatic heterocycles. The fraction of sp³-hybridized carbons (Fsp3) is 0.571. The third-order valence-electron chi connectivity index (χ3n) is 2.92. The standard InChI is InChI=1S/C14H22N4O2S/c1-9-11(18-5-6-21-12(18)17-9)7-10(15)8-16-13(19)20-14(2,3)4/h5-6,10H,7-8,15H2,1-4H3,(H,16,19). The van der Waals surface area contributed by atoms with Gasteiger partial charge in [0.25, 0.3) is 0 Å². The molecule has 116 valence electrons. The third kappa shape index (κ3) is 4.18. The second-order valence-corrected chi connectivity index (χ2v) is 6.92. The average Bonchev–Trinajstić information content (AvgIpc) is 2.88. The smallest absolute Gasteiger partial charge is 0.407 e. The van der Waals surface area contributed by atoms with Crippen LogP contribution in [0.4, 0.5) is 4.79 Å². The van der Waals surface area contributed by atoms with E-state index in [0.717, 1.165) is 16.3 Å². The van der Waals surface area contributed by atoms with Crippen LogP contribution in [0, 0.1) is 6.92 Å². The number of nitrogens with two attached hydrogens (primary N) is 1. The number of ether oxygens (including phenoxy) is 1. The van der Waals surface area contributed by atoms with E-state index in [1.165, 1.54) is 0 Å². The summed E-state index contributed by atoms with van der Waals surface area (Å²) >= 11 is 1.60. The van der Waals surface area contributed by atoms with Crippen LogP contribution in [0.1, 0.15) is 32.2 Å². The summed E-state index contributed by atoms with van der Waals surface area (Å²) in [5, 5.41) is 4.70. The van der Waals surface area contributed by atoms with Gasteiger partial charge in [-0.1, -0.05) is 0 Å². The van der Waals surface area contributed by atoms with Crippen LogP contribution in [-0.4, -0.2) is 33.7 Å². The van der Waals surface area contributed by atoms with Crippen LogP contribution in [-0.2, 0) is 11.2 Å². The van der Waals surface area contributed by atoms with Crippen molar-refractivity contribution in [2.24, 2.45) is 5.73 Å². The second kappa shape index (κ2) is 6.03. The van der Waals surface area contributed by atoms with Gasteiger partial charge in [0.15, 0.2) is 4.96 Å². The van der Waals surface area contributed by atoms with E-state index in [1.54, 1.807) is 11.3 Å². The number of rotatable bonds is 4. The van der Waals surface area contributed by atoms with Crippen molar-refractivity contribution in [3.8, 4) is 0 Å². The minimum Gasteiger partial charge on any atom is -0.444 e. The molecule has 6 nitrogen and oxygen atoms in total. The first kappa shape index (κ1) is 15.8. The molecule has 1 unspecified atom stereocenters. The van der Waals surface area contributed by atoms with Gasteiger partial charge >= 0.3 is 6.09 Å². The lowest BCUT2D eigenvalue weighted by Gasteiger charge is -2.20. The van der Waals surface area contributed by atoms with Crippen molar-refractivity contribution in [1.82, 2.24) is 14.7 Å². The minimum atomic E-state index is -0.501. The first-order valence-electron chi connectivity index (χ1n) is 6.90. The lowest BCUT2D eigenvalue weighted by molar-refractivity contribution is 0.0524. The second-order valence-electron chi connectivity index (χ2n) is 6.05. The van der Waals surface area contributed by atoms with Gasteiger partial charge in [-0.05, 0) is 27.7 Å².